The molecule has 0 radical (unpaired) electrons. The third kappa shape index (κ3) is 3.66. The van der Waals surface area contributed by atoms with E-state index in [1.165, 1.54) is 11.0 Å². The molecule has 0 spiro atoms. The number of rotatable bonds is 4. The summed E-state index contributed by atoms with van der Waals surface area (Å²) in [4.78, 5) is 50.3. The quantitative estimate of drug-likeness (QED) is 0.728. The highest BCUT2D eigenvalue weighted by molar-refractivity contribution is 6.33. The summed E-state index contributed by atoms with van der Waals surface area (Å²) in [5.41, 5.74) is 2.05. The first-order chi connectivity index (χ1) is 14.3. The van der Waals surface area contributed by atoms with Crippen LogP contribution in [0.5, 0.6) is 0 Å². The van der Waals surface area contributed by atoms with Gasteiger partial charge in [-0.25, -0.2) is 4.39 Å². The van der Waals surface area contributed by atoms with Crippen LogP contribution in [0.3, 0.4) is 0 Å². The fourth-order valence-electron chi connectivity index (χ4n) is 3.76. The second-order valence-corrected chi connectivity index (χ2v) is 7.56. The summed E-state index contributed by atoms with van der Waals surface area (Å²) in [6.07, 6.45) is 0.456. The predicted octanol–water partition coefficient (Wildman–Crippen LogP) is 2.17. The molecule has 1 unspecified atom stereocenters. The Morgan fingerprint density at radius 2 is 2.03 bits per heavy atom. The van der Waals surface area contributed by atoms with E-state index in [1.807, 2.05) is 0 Å². The molecule has 9 heteroatoms. The Kier molecular flexibility index (Phi) is 5.26. The first kappa shape index (κ1) is 20.0. The van der Waals surface area contributed by atoms with Crippen molar-refractivity contribution < 1.29 is 23.6 Å². The lowest BCUT2D eigenvalue weighted by atomic mass is 10.0. The van der Waals surface area contributed by atoms with Gasteiger partial charge in [-0.3, -0.25) is 24.5 Å². The first-order valence-corrected chi connectivity index (χ1v) is 9.71. The first-order valence-electron chi connectivity index (χ1n) is 9.34. The van der Waals surface area contributed by atoms with Crippen molar-refractivity contribution in [2.75, 3.05) is 0 Å². The van der Waals surface area contributed by atoms with Gasteiger partial charge in [-0.05, 0) is 41.8 Å². The van der Waals surface area contributed by atoms with E-state index in [0.717, 1.165) is 23.3 Å². The molecule has 0 bridgehead atoms. The van der Waals surface area contributed by atoms with Gasteiger partial charge in [0.1, 0.15) is 11.9 Å². The van der Waals surface area contributed by atoms with Crippen LogP contribution in [0, 0.1) is 5.82 Å². The molecule has 2 aliphatic rings. The molecular formula is C21H17ClFN3O4. The summed E-state index contributed by atoms with van der Waals surface area (Å²) in [7, 11) is 0. The van der Waals surface area contributed by atoms with Crippen molar-refractivity contribution in [3.05, 3.63) is 69.5 Å². The molecule has 1 fully saturated rings. The molecule has 1 atom stereocenters. The molecular weight excluding hydrogens is 413 g/mol. The number of carbonyl (C=O) groups is 4. The molecule has 0 aliphatic carbocycles. The molecule has 2 aromatic rings. The minimum atomic E-state index is -0.705. The van der Waals surface area contributed by atoms with Crippen LogP contribution < -0.4 is 10.6 Å². The Hall–Kier alpha value is -3.26. The van der Waals surface area contributed by atoms with Crippen molar-refractivity contribution >= 4 is 35.2 Å². The lowest BCUT2D eigenvalue weighted by molar-refractivity contribution is -0.136. The fourth-order valence-corrected chi connectivity index (χ4v) is 4.01. The summed E-state index contributed by atoms with van der Waals surface area (Å²) < 4.78 is 13.2. The largest absolute Gasteiger partial charge is 0.348 e. The zero-order chi connectivity index (χ0) is 21.4. The smallest absolute Gasteiger partial charge is 0.255 e. The van der Waals surface area contributed by atoms with Crippen molar-refractivity contribution in [3.8, 4) is 0 Å². The van der Waals surface area contributed by atoms with Crippen LogP contribution in [-0.2, 0) is 22.7 Å². The van der Waals surface area contributed by atoms with E-state index in [1.54, 1.807) is 18.2 Å². The highest BCUT2D eigenvalue weighted by Gasteiger charge is 2.39. The lowest BCUT2D eigenvalue weighted by Gasteiger charge is -2.29. The third-order valence-corrected chi connectivity index (χ3v) is 5.61. The number of amides is 4. The van der Waals surface area contributed by atoms with Gasteiger partial charge in [0.2, 0.25) is 11.8 Å². The number of nitrogens with one attached hydrogen (secondary N) is 2. The lowest BCUT2D eigenvalue weighted by Crippen LogP contribution is -2.52. The molecule has 2 aliphatic heterocycles. The van der Waals surface area contributed by atoms with Gasteiger partial charge >= 0.3 is 0 Å². The van der Waals surface area contributed by atoms with Crippen LogP contribution in [0.1, 0.15) is 44.7 Å². The fraction of sp³-hybridized carbons (Fsp3) is 0.238. The van der Waals surface area contributed by atoms with Gasteiger partial charge in [0.15, 0.2) is 0 Å². The maximum absolute atomic E-state index is 13.2. The Morgan fingerprint density at radius 1 is 1.23 bits per heavy atom. The number of hydrogen-bond donors (Lipinski definition) is 2. The van der Waals surface area contributed by atoms with Crippen molar-refractivity contribution in [1.29, 1.82) is 0 Å². The Balaban J connectivity index is 1.51. The maximum atomic E-state index is 13.2. The Labute approximate surface area is 176 Å². The van der Waals surface area contributed by atoms with E-state index in [-0.39, 0.29) is 48.3 Å². The second-order valence-electron chi connectivity index (χ2n) is 7.15. The van der Waals surface area contributed by atoms with Gasteiger partial charge in [-0.2, -0.15) is 0 Å². The Morgan fingerprint density at radius 3 is 2.77 bits per heavy atom. The molecule has 7 nitrogen and oxygen atoms in total. The standard InChI is InChI=1S/C21H17ClFN3O4/c22-16-8-12(23)4-5-14(16)19(28)24-9-11-2-1-3-13-15(11)10-26(21(13)30)17-6-7-18(27)25-20(17)29/h1-5,8,17H,6-7,9-10H2,(H,24,28)(H,25,27,29). The number of benzene rings is 2. The van der Waals surface area contributed by atoms with E-state index >= 15 is 0 Å². The number of fused-ring (bicyclic) bond motifs is 1. The van der Waals surface area contributed by atoms with E-state index in [4.69, 9.17) is 11.6 Å². The Bertz CT molecular complexity index is 1090. The van der Waals surface area contributed by atoms with Crippen LogP contribution in [-0.4, -0.2) is 34.6 Å². The van der Waals surface area contributed by atoms with E-state index < -0.39 is 23.7 Å². The van der Waals surface area contributed by atoms with Crippen LogP contribution in [0.2, 0.25) is 5.02 Å². The summed E-state index contributed by atoms with van der Waals surface area (Å²) in [5.74, 6) is -2.11. The van der Waals surface area contributed by atoms with E-state index in [0.29, 0.717) is 5.56 Å². The molecule has 4 amide bonds. The van der Waals surface area contributed by atoms with Crippen molar-refractivity contribution in [2.24, 2.45) is 0 Å². The molecule has 0 aromatic heterocycles. The van der Waals surface area contributed by atoms with E-state index in [2.05, 4.69) is 10.6 Å². The van der Waals surface area contributed by atoms with Gasteiger partial charge in [-0.15, -0.1) is 0 Å². The highest BCUT2D eigenvalue weighted by atomic mass is 35.5. The predicted molar refractivity (Wildman–Crippen MR) is 105 cm³/mol. The highest BCUT2D eigenvalue weighted by Crippen LogP contribution is 2.30. The number of hydrogen-bond acceptors (Lipinski definition) is 4. The zero-order valence-electron chi connectivity index (χ0n) is 15.7. The summed E-state index contributed by atoms with van der Waals surface area (Å²) >= 11 is 5.93. The molecule has 2 aromatic carbocycles. The molecule has 154 valence electrons. The van der Waals surface area contributed by atoms with Crippen molar-refractivity contribution in [3.63, 3.8) is 0 Å². The molecule has 2 N–H and O–H groups in total. The van der Waals surface area contributed by atoms with Gasteiger partial charge < -0.3 is 10.2 Å². The van der Waals surface area contributed by atoms with Crippen LogP contribution >= 0.6 is 11.6 Å². The van der Waals surface area contributed by atoms with Gasteiger partial charge in [-0.1, -0.05) is 23.7 Å². The average molecular weight is 430 g/mol. The third-order valence-electron chi connectivity index (χ3n) is 5.29. The number of imide groups is 1. The molecule has 2 heterocycles. The minimum absolute atomic E-state index is 0.00463. The number of nitrogens with zero attached hydrogens (tertiary/aromatic N) is 1. The number of carbonyl (C=O) groups excluding carboxylic acids is 4. The average Bonchev–Trinajstić information content (AvgIpc) is 3.03. The second kappa shape index (κ2) is 7.87. The summed E-state index contributed by atoms with van der Waals surface area (Å²) in [6, 6.07) is 7.97. The molecule has 0 saturated carbocycles. The van der Waals surface area contributed by atoms with Gasteiger partial charge in [0.25, 0.3) is 11.8 Å². The van der Waals surface area contributed by atoms with Gasteiger partial charge in [0.05, 0.1) is 10.6 Å². The van der Waals surface area contributed by atoms with E-state index in [9.17, 15) is 23.6 Å². The van der Waals surface area contributed by atoms with Crippen LogP contribution in [0.4, 0.5) is 4.39 Å². The number of piperidine rings is 1. The van der Waals surface area contributed by atoms with Crippen molar-refractivity contribution in [1.82, 2.24) is 15.5 Å². The number of halogens is 2. The zero-order valence-corrected chi connectivity index (χ0v) is 16.5. The van der Waals surface area contributed by atoms with Gasteiger partial charge in [0, 0.05) is 25.1 Å². The minimum Gasteiger partial charge on any atom is -0.348 e. The summed E-state index contributed by atoms with van der Waals surface area (Å²) in [5, 5.41) is 5.00. The molecule has 1 saturated heterocycles. The maximum Gasteiger partial charge on any atom is 0.255 e. The normalized spacial score (nSPS) is 18.3. The van der Waals surface area contributed by atoms with Crippen molar-refractivity contribution in [2.45, 2.75) is 32.0 Å². The molecule has 30 heavy (non-hydrogen) atoms. The van der Waals surface area contributed by atoms with Crippen LogP contribution in [0.15, 0.2) is 36.4 Å². The molecule has 4 rings (SSSR count). The summed E-state index contributed by atoms with van der Waals surface area (Å²) in [6.45, 7) is 0.343. The monoisotopic (exact) mass is 429 g/mol. The topological polar surface area (TPSA) is 95.6 Å². The SMILES string of the molecule is O=C1CCC(N2Cc3c(CNC(=O)c4ccc(F)cc4Cl)cccc3C2=O)C(=O)N1. The van der Waals surface area contributed by atoms with Crippen LogP contribution in [0.25, 0.3) is 0 Å².